The number of carbonyl (C=O) groups is 3. The third kappa shape index (κ3) is 8.57. The number of amides is 3. The Bertz CT molecular complexity index is 715. The van der Waals surface area contributed by atoms with Crippen LogP contribution in [0.25, 0.3) is 0 Å². The summed E-state index contributed by atoms with van der Waals surface area (Å²) in [6.07, 6.45) is 1.25. The fourth-order valence-electron chi connectivity index (χ4n) is 3.01. The van der Waals surface area contributed by atoms with E-state index in [2.05, 4.69) is 5.32 Å². The number of hydrogen-bond donors (Lipinski definition) is 3. The predicted molar refractivity (Wildman–Crippen MR) is 114 cm³/mol. The highest BCUT2D eigenvalue weighted by molar-refractivity contribution is 7.88. The summed E-state index contributed by atoms with van der Waals surface area (Å²) in [6.45, 7) is 8.86. The molecule has 11 heteroatoms. The summed E-state index contributed by atoms with van der Waals surface area (Å²) in [5, 5.41) is 12.0. The molecule has 0 aliphatic heterocycles. The molecule has 0 fully saturated rings. The zero-order valence-corrected chi connectivity index (χ0v) is 20.3. The van der Waals surface area contributed by atoms with Gasteiger partial charge in [-0.15, -0.1) is 0 Å². The van der Waals surface area contributed by atoms with Crippen LogP contribution in [-0.4, -0.2) is 80.5 Å². The van der Waals surface area contributed by atoms with Gasteiger partial charge >= 0.3 is 0 Å². The minimum absolute atomic E-state index is 0.00378. The van der Waals surface area contributed by atoms with Crippen LogP contribution in [0.15, 0.2) is 0 Å². The van der Waals surface area contributed by atoms with Crippen molar-refractivity contribution in [1.82, 2.24) is 20.0 Å². The zero-order chi connectivity index (χ0) is 24.0. The van der Waals surface area contributed by atoms with E-state index in [0.717, 1.165) is 10.6 Å². The van der Waals surface area contributed by atoms with Gasteiger partial charge in [0.25, 0.3) is 0 Å². The van der Waals surface area contributed by atoms with Gasteiger partial charge in [-0.2, -0.15) is 0 Å². The van der Waals surface area contributed by atoms with E-state index in [1.807, 2.05) is 34.6 Å². The summed E-state index contributed by atoms with van der Waals surface area (Å²) in [6, 6.07) is -0.847. The standard InChI is InChI=1S/C19H38N4O6S/c1-12(2)10-13(14(17(25)21-27)11-23(8)30(9,28)29)16(24)20-15(19(3,4)5)18(26)22(6)7/h12-15,27H,10-11H2,1-9H3,(H,20,24)(H,21,25)/t13-,14+,15-/m1/s1. The Morgan fingerprint density at radius 1 is 1.00 bits per heavy atom. The topological polar surface area (TPSA) is 136 Å². The molecule has 0 aromatic rings. The molecule has 3 atom stereocenters. The van der Waals surface area contributed by atoms with Gasteiger partial charge in [0.15, 0.2) is 0 Å². The monoisotopic (exact) mass is 450 g/mol. The van der Waals surface area contributed by atoms with Crippen molar-refractivity contribution in [2.24, 2.45) is 23.2 Å². The number of sulfonamides is 1. The summed E-state index contributed by atoms with van der Waals surface area (Å²) in [5.74, 6) is -3.81. The van der Waals surface area contributed by atoms with E-state index in [1.165, 1.54) is 17.4 Å². The molecule has 30 heavy (non-hydrogen) atoms. The Hall–Kier alpha value is -1.72. The Kier molecular flexibility index (Phi) is 10.4. The Labute approximate surface area is 180 Å². The third-order valence-corrected chi connectivity index (χ3v) is 6.14. The molecule has 10 nitrogen and oxygen atoms in total. The lowest BCUT2D eigenvalue weighted by atomic mass is 9.81. The number of likely N-dealkylation sites (N-methyl/N-ethyl adjacent to an activating group) is 1. The average molecular weight is 451 g/mol. The van der Waals surface area contributed by atoms with Crippen LogP contribution >= 0.6 is 0 Å². The van der Waals surface area contributed by atoms with Gasteiger partial charge in [0.05, 0.1) is 18.1 Å². The van der Waals surface area contributed by atoms with Crippen molar-refractivity contribution in [1.29, 1.82) is 0 Å². The van der Waals surface area contributed by atoms with Gasteiger partial charge in [0.1, 0.15) is 6.04 Å². The van der Waals surface area contributed by atoms with Crippen molar-refractivity contribution in [3.63, 3.8) is 0 Å². The zero-order valence-electron chi connectivity index (χ0n) is 19.5. The molecule has 0 aliphatic rings. The maximum Gasteiger partial charge on any atom is 0.248 e. The van der Waals surface area contributed by atoms with Crippen LogP contribution in [0.4, 0.5) is 0 Å². The van der Waals surface area contributed by atoms with Crippen molar-refractivity contribution < 1.29 is 28.0 Å². The molecular weight excluding hydrogens is 412 g/mol. The van der Waals surface area contributed by atoms with Gasteiger partial charge in [0.2, 0.25) is 27.7 Å². The SMILES string of the molecule is CC(C)C[C@@H](C(=O)N[C@H](C(=O)N(C)C)C(C)(C)C)[C@H](CN(C)S(C)(=O)=O)C(=O)NO. The van der Waals surface area contributed by atoms with E-state index in [-0.39, 0.29) is 24.8 Å². The first kappa shape index (κ1) is 28.3. The molecule has 0 aromatic carbocycles. The van der Waals surface area contributed by atoms with E-state index >= 15 is 0 Å². The van der Waals surface area contributed by atoms with Gasteiger partial charge in [-0.1, -0.05) is 34.6 Å². The molecule has 0 bridgehead atoms. The number of hydroxylamine groups is 1. The van der Waals surface area contributed by atoms with E-state index in [4.69, 9.17) is 0 Å². The first-order valence-electron chi connectivity index (χ1n) is 9.80. The molecule has 3 amide bonds. The summed E-state index contributed by atoms with van der Waals surface area (Å²) in [7, 11) is 0.848. The first-order valence-corrected chi connectivity index (χ1v) is 11.6. The summed E-state index contributed by atoms with van der Waals surface area (Å²) in [4.78, 5) is 39.7. The lowest BCUT2D eigenvalue weighted by Gasteiger charge is -2.35. The van der Waals surface area contributed by atoms with E-state index in [0.29, 0.717) is 0 Å². The molecular formula is C19H38N4O6S. The Morgan fingerprint density at radius 3 is 1.83 bits per heavy atom. The first-order chi connectivity index (χ1) is 13.4. The molecule has 0 rings (SSSR count). The molecule has 0 aliphatic carbocycles. The summed E-state index contributed by atoms with van der Waals surface area (Å²) >= 11 is 0. The molecule has 3 N–H and O–H groups in total. The van der Waals surface area contributed by atoms with E-state index in [1.54, 1.807) is 14.1 Å². The maximum atomic E-state index is 13.2. The number of rotatable bonds is 10. The fourth-order valence-corrected chi connectivity index (χ4v) is 3.44. The highest BCUT2D eigenvalue weighted by atomic mass is 32.2. The minimum atomic E-state index is -3.62. The smallest absolute Gasteiger partial charge is 0.248 e. The van der Waals surface area contributed by atoms with Crippen molar-refractivity contribution in [2.45, 2.75) is 47.1 Å². The Balaban J connectivity index is 6.08. The lowest BCUT2D eigenvalue weighted by Crippen LogP contribution is -2.56. The highest BCUT2D eigenvalue weighted by Crippen LogP contribution is 2.26. The molecule has 0 spiro atoms. The number of nitrogens with zero attached hydrogens (tertiary/aromatic N) is 2. The molecule has 0 saturated heterocycles. The van der Waals surface area contributed by atoms with Gasteiger partial charge in [-0.3, -0.25) is 19.6 Å². The van der Waals surface area contributed by atoms with Gasteiger partial charge in [0, 0.05) is 27.7 Å². The van der Waals surface area contributed by atoms with Gasteiger partial charge in [-0.25, -0.2) is 18.2 Å². The molecule has 176 valence electrons. The molecule has 0 aromatic heterocycles. The van der Waals surface area contributed by atoms with Gasteiger partial charge in [-0.05, 0) is 17.8 Å². The van der Waals surface area contributed by atoms with Crippen LogP contribution in [0.5, 0.6) is 0 Å². The van der Waals surface area contributed by atoms with Crippen LogP contribution in [0, 0.1) is 23.2 Å². The fraction of sp³-hybridized carbons (Fsp3) is 0.842. The normalized spacial score (nSPS) is 15.5. The van der Waals surface area contributed by atoms with Crippen molar-refractivity contribution >= 4 is 27.7 Å². The number of hydrogen-bond acceptors (Lipinski definition) is 6. The van der Waals surface area contributed by atoms with Crippen molar-refractivity contribution in [3.8, 4) is 0 Å². The van der Waals surface area contributed by atoms with E-state index < -0.39 is 45.1 Å². The second-order valence-corrected chi connectivity index (χ2v) is 11.5. The third-order valence-electron chi connectivity index (χ3n) is 4.86. The van der Waals surface area contributed by atoms with Crippen LogP contribution in [-0.2, 0) is 24.4 Å². The second kappa shape index (κ2) is 11.1. The van der Waals surface area contributed by atoms with Crippen molar-refractivity contribution in [2.75, 3.05) is 33.9 Å². The molecule has 0 heterocycles. The summed E-state index contributed by atoms with van der Waals surface area (Å²) < 4.78 is 24.7. The van der Waals surface area contributed by atoms with Crippen LogP contribution in [0.1, 0.15) is 41.0 Å². The maximum absolute atomic E-state index is 13.2. The van der Waals surface area contributed by atoms with Crippen molar-refractivity contribution in [3.05, 3.63) is 0 Å². The Morgan fingerprint density at radius 2 is 1.50 bits per heavy atom. The van der Waals surface area contributed by atoms with Crippen LogP contribution in [0.2, 0.25) is 0 Å². The number of carbonyl (C=O) groups excluding carboxylic acids is 3. The highest BCUT2D eigenvalue weighted by Gasteiger charge is 2.40. The predicted octanol–water partition coefficient (Wildman–Crippen LogP) is 0.281. The van der Waals surface area contributed by atoms with Crippen LogP contribution < -0.4 is 10.8 Å². The number of nitrogens with one attached hydrogen (secondary N) is 2. The largest absolute Gasteiger partial charge is 0.347 e. The molecule has 0 saturated carbocycles. The molecule has 0 radical (unpaired) electrons. The van der Waals surface area contributed by atoms with Crippen LogP contribution in [0.3, 0.4) is 0 Å². The second-order valence-electron chi connectivity index (χ2n) is 9.40. The lowest BCUT2D eigenvalue weighted by molar-refractivity contribution is -0.143. The summed E-state index contributed by atoms with van der Waals surface area (Å²) in [5.41, 5.74) is 0.940. The quantitative estimate of drug-likeness (QED) is 0.323. The average Bonchev–Trinajstić information content (AvgIpc) is 2.58. The van der Waals surface area contributed by atoms with E-state index in [9.17, 15) is 28.0 Å². The van der Waals surface area contributed by atoms with Gasteiger partial charge < -0.3 is 10.2 Å². The molecule has 0 unspecified atom stereocenters. The minimum Gasteiger partial charge on any atom is -0.347 e.